The van der Waals surface area contributed by atoms with Gasteiger partial charge in [0, 0.05) is 18.2 Å². The molecule has 1 aliphatic heterocycles. The molecule has 0 atom stereocenters. The fourth-order valence-electron chi connectivity index (χ4n) is 5.87. The zero-order chi connectivity index (χ0) is 30.4. The molecule has 1 N–H and O–H groups in total. The maximum Gasteiger partial charge on any atom is 0.492 e. The Balaban J connectivity index is 1.20. The maximum atomic E-state index is 13.1. The molecule has 220 valence electrons. The van der Waals surface area contributed by atoms with E-state index in [-0.39, 0.29) is 19.1 Å². The molecule has 0 radical (unpaired) electrons. The summed E-state index contributed by atoms with van der Waals surface area (Å²) >= 11 is 0. The average molecular weight is 576 g/mol. The van der Waals surface area contributed by atoms with Crippen molar-refractivity contribution in [3.63, 3.8) is 0 Å². The van der Waals surface area contributed by atoms with Gasteiger partial charge in [0.1, 0.15) is 6.61 Å². The Labute approximate surface area is 254 Å². The van der Waals surface area contributed by atoms with E-state index in [9.17, 15) is 4.79 Å². The highest BCUT2D eigenvalue weighted by Crippen LogP contribution is 2.44. The van der Waals surface area contributed by atoms with E-state index in [1.807, 2.05) is 94.8 Å². The van der Waals surface area contributed by atoms with Crippen LogP contribution in [0.25, 0.3) is 22.9 Å². The first-order valence-electron chi connectivity index (χ1n) is 14.8. The monoisotopic (exact) mass is 575 g/mol. The summed E-state index contributed by atoms with van der Waals surface area (Å²) in [5.74, 6) is -0.00612. The van der Waals surface area contributed by atoms with Crippen LogP contribution < -0.4 is 5.32 Å². The van der Waals surface area contributed by atoms with E-state index in [4.69, 9.17) is 14.0 Å². The number of aromatic nitrogens is 2. The summed E-state index contributed by atoms with van der Waals surface area (Å²) in [5.41, 5.74) is 8.41. The highest BCUT2D eigenvalue weighted by Gasteiger charge is 2.52. The van der Waals surface area contributed by atoms with Crippen molar-refractivity contribution in [1.82, 2.24) is 15.1 Å². The first-order chi connectivity index (χ1) is 20.5. The van der Waals surface area contributed by atoms with Gasteiger partial charge < -0.3 is 19.4 Å². The van der Waals surface area contributed by atoms with Gasteiger partial charge >= 0.3 is 13.2 Å². The molecule has 6 rings (SSSR count). The highest BCUT2D eigenvalue weighted by atomic mass is 16.7. The van der Waals surface area contributed by atoms with Gasteiger partial charge in [-0.25, -0.2) is 9.48 Å². The molecule has 0 spiro atoms. The Morgan fingerprint density at radius 2 is 1.56 bits per heavy atom. The minimum atomic E-state index is -0.628. The van der Waals surface area contributed by atoms with Crippen LogP contribution >= 0.6 is 0 Å². The predicted molar refractivity (Wildman–Crippen MR) is 170 cm³/mol. The number of alkyl carbamates (subject to hydrolysis) is 1. The minimum Gasteiger partial charge on any atom is -0.449 e. The molecule has 8 heteroatoms. The molecule has 1 saturated heterocycles. The van der Waals surface area contributed by atoms with Crippen LogP contribution in [0.15, 0.2) is 84.3 Å². The number of nitrogens with zero attached hydrogens (tertiary/aromatic N) is 2. The molecule has 0 bridgehead atoms. The van der Waals surface area contributed by atoms with Gasteiger partial charge in [0.05, 0.1) is 22.6 Å². The van der Waals surface area contributed by atoms with Crippen molar-refractivity contribution in [2.45, 2.75) is 58.7 Å². The molecule has 2 aliphatic rings. The second-order valence-corrected chi connectivity index (χ2v) is 12.4. The van der Waals surface area contributed by atoms with Gasteiger partial charge in [-0.05, 0) is 93.0 Å². The smallest absolute Gasteiger partial charge is 0.449 e. The lowest BCUT2D eigenvalue weighted by atomic mass is 9.77. The number of hydrogen-bond acceptors (Lipinski definition) is 5. The highest BCUT2D eigenvalue weighted by molar-refractivity contribution is 6.56. The topological polar surface area (TPSA) is 74.6 Å². The number of nitrogens with one attached hydrogen (secondary N) is 1. The van der Waals surface area contributed by atoms with Crippen molar-refractivity contribution in [2.24, 2.45) is 0 Å². The normalized spacial score (nSPS) is 17.1. The molecule has 1 fully saturated rings. The number of aryl methyl sites for hydroxylation is 2. The van der Waals surface area contributed by atoms with E-state index >= 15 is 0 Å². The van der Waals surface area contributed by atoms with Crippen molar-refractivity contribution >= 4 is 19.3 Å². The summed E-state index contributed by atoms with van der Waals surface area (Å²) in [6, 6.07) is 26.8. The first-order valence-corrected chi connectivity index (χ1v) is 14.8. The molecular formula is C35H38BN3O4. The summed E-state index contributed by atoms with van der Waals surface area (Å²) in [6.45, 7) is 12.6. The Kier molecular flexibility index (Phi) is 7.52. The second kappa shape index (κ2) is 11.2. The summed E-state index contributed by atoms with van der Waals surface area (Å²) < 4.78 is 20.5. The number of rotatable bonds is 7. The van der Waals surface area contributed by atoms with Crippen molar-refractivity contribution in [2.75, 3.05) is 13.2 Å². The molecule has 3 aromatic carbocycles. The second-order valence-electron chi connectivity index (χ2n) is 12.4. The molecule has 1 aliphatic carbocycles. The van der Waals surface area contributed by atoms with E-state index in [1.165, 1.54) is 22.3 Å². The molecule has 43 heavy (non-hydrogen) atoms. The first kappa shape index (κ1) is 29.0. The molecule has 0 saturated carbocycles. The lowest BCUT2D eigenvalue weighted by Crippen LogP contribution is -2.41. The summed E-state index contributed by atoms with van der Waals surface area (Å²) in [5, 5.41) is 7.59. The number of carbonyl (C=O) groups is 1. The van der Waals surface area contributed by atoms with Crippen LogP contribution in [-0.4, -0.2) is 47.3 Å². The molecular weight excluding hydrogens is 537 g/mol. The Hall–Kier alpha value is -4.14. The molecule has 1 aromatic heterocycles. The fraction of sp³-hybridized carbons (Fsp3) is 0.314. The molecule has 7 nitrogen and oxygen atoms in total. The van der Waals surface area contributed by atoms with Crippen LogP contribution in [0, 0.1) is 13.8 Å². The van der Waals surface area contributed by atoms with Gasteiger partial charge in [0.25, 0.3) is 0 Å². The number of amides is 1. The number of fused-ring (bicyclic) bond motifs is 3. The Morgan fingerprint density at radius 3 is 2.16 bits per heavy atom. The van der Waals surface area contributed by atoms with Gasteiger partial charge in [-0.15, -0.1) is 0 Å². The Bertz CT molecular complexity index is 1650. The number of benzene rings is 3. The third kappa shape index (κ3) is 5.65. The van der Waals surface area contributed by atoms with Crippen LogP contribution in [0.4, 0.5) is 4.79 Å². The van der Waals surface area contributed by atoms with Crippen molar-refractivity contribution in [1.29, 1.82) is 0 Å². The lowest BCUT2D eigenvalue weighted by molar-refractivity contribution is 0.00578. The largest absolute Gasteiger partial charge is 0.492 e. The summed E-state index contributed by atoms with van der Waals surface area (Å²) in [6.07, 6.45) is 1.53. The SMILES string of the molecule is Cc1cc(C)n(-c2cccc(C=C(CNC(=O)OCC3c4ccccc4-c4ccccc43)B3OC(C)(C)C(C)(C)O3)c2)n1. The van der Waals surface area contributed by atoms with Crippen LogP contribution in [0.3, 0.4) is 0 Å². The van der Waals surface area contributed by atoms with E-state index in [2.05, 4.69) is 46.8 Å². The van der Waals surface area contributed by atoms with Crippen molar-refractivity contribution in [3.05, 3.63) is 112 Å². The van der Waals surface area contributed by atoms with Crippen LogP contribution in [0.1, 0.15) is 61.7 Å². The van der Waals surface area contributed by atoms with E-state index in [0.29, 0.717) is 0 Å². The van der Waals surface area contributed by atoms with E-state index in [1.54, 1.807) is 0 Å². The fourth-order valence-corrected chi connectivity index (χ4v) is 5.87. The van der Waals surface area contributed by atoms with Crippen LogP contribution in [0.5, 0.6) is 0 Å². The van der Waals surface area contributed by atoms with Gasteiger partial charge in [0.15, 0.2) is 0 Å². The maximum absolute atomic E-state index is 13.1. The molecule has 2 heterocycles. The quantitative estimate of drug-likeness (QED) is 0.239. The lowest BCUT2D eigenvalue weighted by Gasteiger charge is -2.32. The molecule has 1 amide bonds. The van der Waals surface area contributed by atoms with Crippen molar-refractivity contribution in [3.8, 4) is 16.8 Å². The molecule has 4 aromatic rings. The predicted octanol–water partition coefficient (Wildman–Crippen LogP) is 7.04. The van der Waals surface area contributed by atoms with Gasteiger partial charge in [-0.1, -0.05) is 66.7 Å². The Morgan fingerprint density at radius 1 is 0.930 bits per heavy atom. The zero-order valence-electron chi connectivity index (χ0n) is 25.7. The van der Waals surface area contributed by atoms with Crippen LogP contribution in [0.2, 0.25) is 0 Å². The third-order valence-corrected chi connectivity index (χ3v) is 8.81. The van der Waals surface area contributed by atoms with Crippen LogP contribution in [-0.2, 0) is 14.0 Å². The molecule has 0 unspecified atom stereocenters. The van der Waals surface area contributed by atoms with Gasteiger partial charge in [-0.3, -0.25) is 0 Å². The minimum absolute atomic E-state index is 0.00612. The number of carbonyl (C=O) groups excluding carboxylic acids is 1. The van der Waals surface area contributed by atoms with Gasteiger partial charge in [0.2, 0.25) is 0 Å². The third-order valence-electron chi connectivity index (χ3n) is 8.81. The average Bonchev–Trinajstić information content (AvgIpc) is 3.56. The standard InChI is InChI=1S/C35H38BN3O4/c1-23-18-24(2)39(38-23)27-13-11-12-25(20-27)19-26(36-42-34(3,4)35(5,6)43-36)21-37-33(40)41-22-32-30-16-9-7-14-28(30)29-15-8-10-17-31(29)32/h7-20,32H,21-22H2,1-6H3,(H,37,40). The van der Waals surface area contributed by atoms with E-state index < -0.39 is 24.4 Å². The van der Waals surface area contributed by atoms with Gasteiger partial charge in [-0.2, -0.15) is 5.10 Å². The van der Waals surface area contributed by atoms with Crippen molar-refractivity contribution < 1.29 is 18.8 Å². The number of ether oxygens (including phenoxy) is 1. The summed E-state index contributed by atoms with van der Waals surface area (Å²) in [7, 11) is -0.628. The zero-order valence-corrected chi connectivity index (χ0v) is 25.7. The summed E-state index contributed by atoms with van der Waals surface area (Å²) in [4.78, 5) is 13.1. The number of hydrogen-bond donors (Lipinski definition) is 1. The van der Waals surface area contributed by atoms with E-state index in [0.717, 1.165) is 28.1 Å².